The summed E-state index contributed by atoms with van der Waals surface area (Å²) in [4.78, 5) is 51.4. The minimum absolute atomic E-state index is 0.00389. The number of hydrogen-bond donors (Lipinski definition) is 2. The molecular formula is C22H23N3O7S. The van der Waals surface area contributed by atoms with Crippen molar-refractivity contribution in [1.29, 1.82) is 0 Å². The Morgan fingerprint density at radius 3 is 2.70 bits per heavy atom. The van der Waals surface area contributed by atoms with Crippen LogP contribution in [0.4, 0.5) is 0 Å². The number of ether oxygens (including phenoxy) is 3. The van der Waals surface area contributed by atoms with Crippen molar-refractivity contribution in [1.82, 2.24) is 15.8 Å². The van der Waals surface area contributed by atoms with Crippen LogP contribution in [0, 0.1) is 5.92 Å². The van der Waals surface area contributed by atoms with Crippen molar-refractivity contribution in [3.8, 4) is 11.5 Å². The van der Waals surface area contributed by atoms with Gasteiger partial charge in [-0.1, -0.05) is 18.2 Å². The summed E-state index contributed by atoms with van der Waals surface area (Å²) < 4.78 is 16.1. The predicted octanol–water partition coefficient (Wildman–Crippen LogP) is 1.13. The van der Waals surface area contributed by atoms with Gasteiger partial charge in [0.15, 0.2) is 18.1 Å². The molecule has 33 heavy (non-hydrogen) atoms. The van der Waals surface area contributed by atoms with E-state index >= 15 is 0 Å². The van der Waals surface area contributed by atoms with Gasteiger partial charge in [-0.2, -0.15) is 0 Å². The number of hydrogen-bond acceptors (Lipinski definition) is 8. The number of para-hydroxylation sites is 2. The topological polar surface area (TPSA) is 123 Å². The minimum atomic E-state index is -0.933. The number of carbonyl (C=O) groups is 4. The zero-order valence-electron chi connectivity index (χ0n) is 17.7. The molecule has 10 nitrogen and oxygen atoms in total. The van der Waals surface area contributed by atoms with Crippen molar-refractivity contribution in [3.63, 3.8) is 0 Å². The lowest BCUT2D eigenvalue weighted by atomic mass is 9.98. The van der Waals surface area contributed by atoms with Crippen LogP contribution in [0.2, 0.25) is 0 Å². The molecule has 0 bridgehead atoms. The Balaban J connectivity index is 1.18. The SMILES string of the molecule is O=C(COC(=O)C1CCCN(C(=O)c2cccs2)C1)NNC(=O)C1COc2ccccc2O1. The van der Waals surface area contributed by atoms with E-state index in [1.165, 1.54) is 11.3 Å². The Morgan fingerprint density at radius 2 is 1.91 bits per heavy atom. The average Bonchev–Trinajstić information content (AvgIpc) is 3.40. The van der Waals surface area contributed by atoms with E-state index in [0.717, 1.165) is 0 Å². The fraction of sp³-hybridized carbons (Fsp3) is 0.364. The molecule has 0 saturated carbocycles. The molecule has 2 aliphatic rings. The van der Waals surface area contributed by atoms with E-state index in [0.29, 0.717) is 35.8 Å². The summed E-state index contributed by atoms with van der Waals surface area (Å²) in [6.07, 6.45) is 0.314. The molecule has 0 aliphatic carbocycles. The van der Waals surface area contributed by atoms with Gasteiger partial charge in [-0.05, 0) is 36.4 Å². The van der Waals surface area contributed by atoms with Crippen molar-refractivity contribution < 1.29 is 33.4 Å². The molecule has 11 heteroatoms. The number of piperidine rings is 1. The summed E-state index contributed by atoms with van der Waals surface area (Å²) in [6, 6.07) is 10.5. The van der Waals surface area contributed by atoms with Crippen LogP contribution in [0.5, 0.6) is 11.5 Å². The van der Waals surface area contributed by atoms with Crippen molar-refractivity contribution in [2.24, 2.45) is 5.92 Å². The molecule has 174 valence electrons. The van der Waals surface area contributed by atoms with Crippen LogP contribution in [-0.2, 0) is 19.1 Å². The summed E-state index contributed by atoms with van der Waals surface area (Å²) in [6.45, 7) is 0.258. The monoisotopic (exact) mass is 473 g/mol. The molecule has 2 unspecified atom stereocenters. The van der Waals surface area contributed by atoms with E-state index in [-0.39, 0.29) is 19.1 Å². The van der Waals surface area contributed by atoms with Crippen LogP contribution >= 0.6 is 11.3 Å². The highest BCUT2D eigenvalue weighted by atomic mass is 32.1. The zero-order chi connectivity index (χ0) is 23.2. The molecule has 4 rings (SSSR count). The number of nitrogens with one attached hydrogen (secondary N) is 2. The third-order valence-corrected chi connectivity index (χ3v) is 6.10. The molecule has 1 saturated heterocycles. The van der Waals surface area contributed by atoms with Gasteiger partial charge in [-0.15, -0.1) is 11.3 Å². The molecule has 1 aromatic heterocycles. The molecule has 1 fully saturated rings. The summed E-state index contributed by atoms with van der Waals surface area (Å²) >= 11 is 1.35. The summed E-state index contributed by atoms with van der Waals surface area (Å²) in [5.41, 5.74) is 4.43. The quantitative estimate of drug-likeness (QED) is 0.493. The summed E-state index contributed by atoms with van der Waals surface area (Å²) in [7, 11) is 0. The first-order chi connectivity index (χ1) is 16.0. The number of thiophene rings is 1. The van der Waals surface area contributed by atoms with Gasteiger partial charge in [-0.25, -0.2) is 0 Å². The van der Waals surface area contributed by atoms with E-state index in [1.54, 1.807) is 41.3 Å². The van der Waals surface area contributed by atoms with Crippen LogP contribution in [0.3, 0.4) is 0 Å². The number of esters is 1. The molecule has 2 atom stereocenters. The number of hydrazine groups is 1. The number of rotatable bonds is 5. The maximum atomic E-state index is 12.5. The first-order valence-electron chi connectivity index (χ1n) is 10.5. The average molecular weight is 474 g/mol. The van der Waals surface area contributed by atoms with E-state index in [1.807, 2.05) is 5.38 Å². The van der Waals surface area contributed by atoms with Crippen molar-refractivity contribution >= 4 is 35.0 Å². The van der Waals surface area contributed by atoms with Gasteiger partial charge < -0.3 is 19.1 Å². The molecule has 3 heterocycles. The van der Waals surface area contributed by atoms with Crippen LogP contribution in [0.25, 0.3) is 0 Å². The van der Waals surface area contributed by atoms with Gasteiger partial charge in [-0.3, -0.25) is 30.0 Å². The molecule has 2 N–H and O–H groups in total. The third kappa shape index (κ3) is 5.61. The second-order valence-corrected chi connectivity index (χ2v) is 8.52. The smallest absolute Gasteiger partial charge is 0.311 e. The maximum absolute atomic E-state index is 12.5. The molecule has 1 aromatic carbocycles. The molecule has 2 aromatic rings. The van der Waals surface area contributed by atoms with Crippen LogP contribution in [-0.4, -0.2) is 61.0 Å². The Kier molecular flexibility index (Phi) is 7.08. The molecule has 0 spiro atoms. The van der Waals surface area contributed by atoms with E-state index in [4.69, 9.17) is 14.2 Å². The largest absolute Gasteiger partial charge is 0.485 e. The number of carbonyl (C=O) groups excluding carboxylic acids is 4. The third-order valence-electron chi connectivity index (χ3n) is 5.25. The first-order valence-corrected chi connectivity index (χ1v) is 11.4. The van der Waals surface area contributed by atoms with Crippen molar-refractivity contribution in [2.75, 3.05) is 26.3 Å². The van der Waals surface area contributed by atoms with Gasteiger partial charge in [0.25, 0.3) is 17.7 Å². The fourth-order valence-electron chi connectivity index (χ4n) is 3.56. The Hall–Kier alpha value is -3.60. The van der Waals surface area contributed by atoms with Gasteiger partial charge in [0.2, 0.25) is 6.10 Å². The van der Waals surface area contributed by atoms with Crippen LogP contribution in [0.1, 0.15) is 22.5 Å². The molecule has 3 amide bonds. The highest BCUT2D eigenvalue weighted by molar-refractivity contribution is 7.12. The predicted molar refractivity (Wildman–Crippen MR) is 117 cm³/mol. The van der Waals surface area contributed by atoms with Gasteiger partial charge >= 0.3 is 5.97 Å². The lowest BCUT2D eigenvalue weighted by Gasteiger charge is -2.31. The minimum Gasteiger partial charge on any atom is -0.485 e. The number of benzene rings is 1. The molecule has 2 aliphatic heterocycles. The summed E-state index contributed by atoms with van der Waals surface area (Å²) in [5.74, 6) is -1.49. The Morgan fingerprint density at radius 1 is 1.09 bits per heavy atom. The number of fused-ring (bicyclic) bond motifs is 1. The number of nitrogens with zero attached hydrogens (tertiary/aromatic N) is 1. The highest BCUT2D eigenvalue weighted by Gasteiger charge is 2.31. The van der Waals surface area contributed by atoms with E-state index in [2.05, 4.69) is 10.9 Å². The van der Waals surface area contributed by atoms with Gasteiger partial charge in [0.05, 0.1) is 10.8 Å². The second-order valence-electron chi connectivity index (χ2n) is 7.58. The van der Waals surface area contributed by atoms with Gasteiger partial charge in [0.1, 0.15) is 6.61 Å². The Labute approximate surface area is 193 Å². The Bertz CT molecular complexity index is 1030. The second kappa shape index (κ2) is 10.3. The normalized spacial score (nSPS) is 19.3. The standard InChI is InChI=1S/C22H23N3O7S/c26-19(23-24-20(27)17-12-30-15-6-1-2-7-16(15)32-17)13-31-22(29)14-5-3-9-25(11-14)21(28)18-8-4-10-33-18/h1-2,4,6-8,10,14,17H,3,5,9,11-13H2,(H,23,26)(H,24,27). The molecular weight excluding hydrogens is 450 g/mol. The van der Waals surface area contributed by atoms with Crippen molar-refractivity contribution in [2.45, 2.75) is 18.9 Å². The number of amides is 3. The first kappa shape index (κ1) is 22.6. The van der Waals surface area contributed by atoms with E-state index < -0.39 is 36.4 Å². The molecule has 0 radical (unpaired) electrons. The van der Waals surface area contributed by atoms with E-state index in [9.17, 15) is 19.2 Å². The lowest BCUT2D eigenvalue weighted by Crippen LogP contribution is -2.51. The van der Waals surface area contributed by atoms with Gasteiger partial charge in [0, 0.05) is 13.1 Å². The highest BCUT2D eigenvalue weighted by Crippen LogP contribution is 2.30. The lowest BCUT2D eigenvalue weighted by molar-refractivity contribution is -0.154. The van der Waals surface area contributed by atoms with Crippen LogP contribution < -0.4 is 20.3 Å². The van der Waals surface area contributed by atoms with Crippen LogP contribution in [0.15, 0.2) is 41.8 Å². The summed E-state index contributed by atoms with van der Waals surface area (Å²) in [5, 5.41) is 1.83. The fourth-order valence-corrected chi connectivity index (χ4v) is 4.25. The van der Waals surface area contributed by atoms with Crippen molar-refractivity contribution in [3.05, 3.63) is 46.7 Å². The maximum Gasteiger partial charge on any atom is 0.311 e. The zero-order valence-corrected chi connectivity index (χ0v) is 18.5. The number of likely N-dealkylation sites (tertiary alicyclic amines) is 1.